The maximum absolute atomic E-state index is 5.97. The largest absolute Gasteiger partial charge is 0.374 e. The lowest BCUT2D eigenvalue weighted by molar-refractivity contribution is 0.00642. The standard InChI is InChI=1S/C11H20O/c1-6(2)10-8-5-9(8)12-11(10)7(3)4/h6-11H,5H2,1-4H3. The lowest BCUT2D eigenvalue weighted by Gasteiger charge is -2.27. The number of fused-ring (bicyclic) bond motifs is 1. The summed E-state index contributed by atoms with van der Waals surface area (Å²) in [5, 5.41) is 0. The minimum absolute atomic E-state index is 0.550. The van der Waals surface area contributed by atoms with Gasteiger partial charge >= 0.3 is 0 Å². The van der Waals surface area contributed by atoms with Crippen LogP contribution >= 0.6 is 0 Å². The molecule has 70 valence electrons. The van der Waals surface area contributed by atoms with Gasteiger partial charge in [-0.3, -0.25) is 0 Å². The van der Waals surface area contributed by atoms with Crippen molar-refractivity contribution < 1.29 is 4.74 Å². The monoisotopic (exact) mass is 168 g/mol. The highest BCUT2D eigenvalue weighted by atomic mass is 16.5. The molecule has 0 radical (unpaired) electrons. The Morgan fingerprint density at radius 1 is 1.08 bits per heavy atom. The van der Waals surface area contributed by atoms with Crippen LogP contribution in [0.1, 0.15) is 34.1 Å². The molecule has 1 saturated heterocycles. The third-order valence-corrected chi connectivity index (χ3v) is 3.41. The topological polar surface area (TPSA) is 9.23 Å². The SMILES string of the molecule is CC(C)C1OC2CC2C1C(C)C. The van der Waals surface area contributed by atoms with E-state index in [1.165, 1.54) is 6.42 Å². The summed E-state index contributed by atoms with van der Waals surface area (Å²) in [6.07, 6.45) is 2.53. The van der Waals surface area contributed by atoms with Crippen molar-refractivity contribution in [2.75, 3.05) is 0 Å². The summed E-state index contributed by atoms with van der Waals surface area (Å²) < 4.78 is 5.97. The Hall–Kier alpha value is -0.0400. The molecule has 4 atom stereocenters. The van der Waals surface area contributed by atoms with Crippen molar-refractivity contribution in [3.05, 3.63) is 0 Å². The second-order valence-corrected chi connectivity index (χ2v) is 5.10. The summed E-state index contributed by atoms with van der Waals surface area (Å²) in [6, 6.07) is 0. The molecule has 1 heterocycles. The predicted molar refractivity (Wildman–Crippen MR) is 49.9 cm³/mol. The van der Waals surface area contributed by atoms with E-state index >= 15 is 0 Å². The van der Waals surface area contributed by atoms with Crippen LogP contribution in [0.2, 0.25) is 0 Å². The predicted octanol–water partition coefficient (Wildman–Crippen LogP) is 2.70. The summed E-state index contributed by atoms with van der Waals surface area (Å²) in [5.74, 6) is 3.26. The van der Waals surface area contributed by atoms with E-state index in [4.69, 9.17) is 4.74 Å². The van der Waals surface area contributed by atoms with Crippen LogP contribution in [0.3, 0.4) is 0 Å². The second-order valence-electron chi connectivity index (χ2n) is 5.10. The van der Waals surface area contributed by atoms with Gasteiger partial charge in [-0.05, 0) is 30.1 Å². The average molecular weight is 168 g/mol. The molecule has 0 aromatic heterocycles. The van der Waals surface area contributed by atoms with Crippen LogP contribution in [0.15, 0.2) is 0 Å². The zero-order valence-corrected chi connectivity index (χ0v) is 8.58. The van der Waals surface area contributed by atoms with Gasteiger partial charge in [-0.1, -0.05) is 27.7 Å². The van der Waals surface area contributed by atoms with Gasteiger partial charge in [0.1, 0.15) is 0 Å². The smallest absolute Gasteiger partial charge is 0.0636 e. The first-order chi connectivity index (χ1) is 5.61. The van der Waals surface area contributed by atoms with E-state index in [-0.39, 0.29) is 0 Å². The van der Waals surface area contributed by atoms with Gasteiger partial charge in [0.2, 0.25) is 0 Å². The average Bonchev–Trinajstić information content (AvgIpc) is 2.60. The zero-order chi connectivity index (χ0) is 8.88. The molecule has 1 aliphatic carbocycles. The van der Waals surface area contributed by atoms with Gasteiger partial charge in [0, 0.05) is 0 Å². The van der Waals surface area contributed by atoms with E-state index in [1.807, 2.05) is 0 Å². The van der Waals surface area contributed by atoms with Gasteiger partial charge < -0.3 is 4.74 Å². The lowest BCUT2D eigenvalue weighted by atomic mass is 9.82. The molecule has 1 aliphatic heterocycles. The molecule has 2 fully saturated rings. The highest BCUT2D eigenvalue weighted by Gasteiger charge is 2.56. The Balaban J connectivity index is 2.06. The van der Waals surface area contributed by atoms with E-state index < -0.39 is 0 Å². The van der Waals surface area contributed by atoms with Crippen LogP contribution < -0.4 is 0 Å². The molecule has 2 aliphatic rings. The molecule has 1 saturated carbocycles. The van der Waals surface area contributed by atoms with Gasteiger partial charge in [0.25, 0.3) is 0 Å². The minimum atomic E-state index is 0.550. The van der Waals surface area contributed by atoms with Gasteiger partial charge in [0.15, 0.2) is 0 Å². The summed E-state index contributed by atoms with van der Waals surface area (Å²) in [4.78, 5) is 0. The first kappa shape index (κ1) is 8.55. The third-order valence-electron chi connectivity index (χ3n) is 3.41. The molecule has 0 amide bonds. The van der Waals surface area contributed by atoms with Gasteiger partial charge in [0.05, 0.1) is 12.2 Å². The fourth-order valence-corrected chi connectivity index (χ4v) is 2.76. The molecule has 12 heavy (non-hydrogen) atoms. The summed E-state index contributed by atoms with van der Waals surface area (Å²) >= 11 is 0. The molecule has 0 aromatic carbocycles. The molecule has 0 aromatic rings. The van der Waals surface area contributed by atoms with Gasteiger partial charge in [-0.15, -0.1) is 0 Å². The summed E-state index contributed by atoms with van der Waals surface area (Å²) in [7, 11) is 0. The molecule has 0 N–H and O–H groups in total. The summed E-state index contributed by atoms with van der Waals surface area (Å²) in [5.41, 5.74) is 0. The minimum Gasteiger partial charge on any atom is -0.374 e. The van der Waals surface area contributed by atoms with Crippen LogP contribution in [-0.4, -0.2) is 12.2 Å². The quantitative estimate of drug-likeness (QED) is 0.616. The molecule has 2 rings (SSSR count). The first-order valence-corrected chi connectivity index (χ1v) is 5.26. The highest BCUT2D eigenvalue weighted by molar-refractivity contribution is 5.03. The highest BCUT2D eigenvalue weighted by Crippen LogP contribution is 2.53. The van der Waals surface area contributed by atoms with Gasteiger partial charge in [-0.25, -0.2) is 0 Å². The number of ether oxygens (including phenoxy) is 1. The van der Waals surface area contributed by atoms with Crippen LogP contribution in [-0.2, 0) is 4.74 Å². The Labute approximate surface area is 75.5 Å². The van der Waals surface area contributed by atoms with E-state index in [9.17, 15) is 0 Å². The van der Waals surface area contributed by atoms with E-state index in [0.29, 0.717) is 18.1 Å². The van der Waals surface area contributed by atoms with E-state index in [0.717, 1.165) is 17.8 Å². The summed E-state index contributed by atoms with van der Waals surface area (Å²) in [6.45, 7) is 9.24. The van der Waals surface area contributed by atoms with Crippen LogP contribution in [0.25, 0.3) is 0 Å². The van der Waals surface area contributed by atoms with E-state index in [1.54, 1.807) is 0 Å². The third kappa shape index (κ3) is 1.19. The second kappa shape index (κ2) is 2.73. The lowest BCUT2D eigenvalue weighted by Crippen LogP contribution is -2.29. The number of hydrogen-bond donors (Lipinski definition) is 0. The fraction of sp³-hybridized carbons (Fsp3) is 1.00. The molecule has 4 unspecified atom stereocenters. The first-order valence-electron chi connectivity index (χ1n) is 5.26. The number of hydrogen-bond acceptors (Lipinski definition) is 1. The normalized spacial score (nSPS) is 45.5. The van der Waals surface area contributed by atoms with Crippen molar-refractivity contribution in [1.82, 2.24) is 0 Å². The Kier molecular flexibility index (Phi) is 1.95. The van der Waals surface area contributed by atoms with Gasteiger partial charge in [-0.2, -0.15) is 0 Å². The molecular formula is C11H20O. The van der Waals surface area contributed by atoms with Crippen molar-refractivity contribution >= 4 is 0 Å². The van der Waals surface area contributed by atoms with Crippen molar-refractivity contribution in [1.29, 1.82) is 0 Å². The molecule has 1 nitrogen and oxygen atoms in total. The van der Waals surface area contributed by atoms with Crippen LogP contribution in [0, 0.1) is 23.7 Å². The number of rotatable bonds is 2. The van der Waals surface area contributed by atoms with Crippen molar-refractivity contribution in [3.63, 3.8) is 0 Å². The molecular weight excluding hydrogens is 148 g/mol. The molecule has 0 spiro atoms. The maximum atomic E-state index is 5.97. The van der Waals surface area contributed by atoms with Crippen molar-refractivity contribution in [3.8, 4) is 0 Å². The van der Waals surface area contributed by atoms with Crippen molar-refractivity contribution in [2.45, 2.75) is 46.3 Å². The molecule has 1 heteroatoms. The molecule has 0 bridgehead atoms. The van der Waals surface area contributed by atoms with Crippen LogP contribution in [0.4, 0.5) is 0 Å². The van der Waals surface area contributed by atoms with Crippen LogP contribution in [0.5, 0.6) is 0 Å². The Morgan fingerprint density at radius 3 is 2.17 bits per heavy atom. The van der Waals surface area contributed by atoms with Crippen molar-refractivity contribution in [2.24, 2.45) is 23.7 Å². The maximum Gasteiger partial charge on any atom is 0.0636 e. The zero-order valence-electron chi connectivity index (χ0n) is 8.58. The Bertz CT molecular complexity index is 174. The van der Waals surface area contributed by atoms with E-state index in [2.05, 4.69) is 27.7 Å². The Morgan fingerprint density at radius 2 is 1.75 bits per heavy atom. The fourth-order valence-electron chi connectivity index (χ4n) is 2.76.